The van der Waals surface area contributed by atoms with Crippen LogP contribution in [0.25, 0.3) is 0 Å². The molecule has 0 heterocycles. The van der Waals surface area contributed by atoms with Gasteiger partial charge in [-0.3, -0.25) is 0 Å². The third-order valence-electron chi connectivity index (χ3n) is 2.19. The molecule has 16 heavy (non-hydrogen) atoms. The van der Waals surface area contributed by atoms with E-state index in [1.54, 1.807) is 19.1 Å². The molecule has 1 aromatic rings. The van der Waals surface area contributed by atoms with Crippen LogP contribution in [0.3, 0.4) is 0 Å². The molecule has 86 valence electrons. The second kappa shape index (κ2) is 5.85. The Morgan fingerprint density at radius 3 is 2.81 bits per heavy atom. The molecular formula is C11H14BrN3O. The highest BCUT2D eigenvalue weighted by Crippen LogP contribution is 2.19. The number of nitriles is 1. The molecule has 0 saturated carbocycles. The molecule has 2 atom stereocenters. The first kappa shape index (κ1) is 13.0. The van der Waals surface area contributed by atoms with Crippen LogP contribution < -0.4 is 11.1 Å². The van der Waals surface area contributed by atoms with E-state index in [2.05, 4.69) is 27.3 Å². The van der Waals surface area contributed by atoms with Crippen LogP contribution in [0.5, 0.6) is 0 Å². The maximum absolute atomic E-state index is 9.23. The van der Waals surface area contributed by atoms with E-state index in [4.69, 9.17) is 11.0 Å². The molecule has 5 heteroatoms. The first-order valence-corrected chi connectivity index (χ1v) is 5.70. The third-order valence-corrected chi connectivity index (χ3v) is 2.65. The van der Waals surface area contributed by atoms with E-state index in [9.17, 15) is 5.11 Å². The third kappa shape index (κ3) is 3.81. The number of nitrogens with one attached hydrogen (secondary N) is 1. The van der Waals surface area contributed by atoms with Crippen LogP contribution >= 0.6 is 15.9 Å². The molecule has 0 aliphatic carbocycles. The quantitative estimate of drug-likeness (QED) is 0.781. The summed E-state index contributed by atoms with van der Waals surface area (Å²) < 4.78 is 0.833. The number of aliphatic hydroxyl groups is 1. The molecular weight excluding hydrogens is 270 g/mol. The molecule has 2 unspecified atom stereocenters. The number of hydrogen-bond acceptors (Lipinski definition) is 4. The lowest BCUT2D eigenvalue weighted by Gasteiger charge is -2.16. The molecule has 0 fully saturated rings. The molecule has 0 aromatic heterocycles. The number of nitrogens with two attached hydrogens (primary N) is 1. The Bertz CT molecular complexity index is 401. The van der Waals surface area contributed by atoms with Crippen molar-refractivity contribution in [1.29, 1.82) is 5.26 Å². The van der Waals surface area contributed by atoms with Crippen molar-refractivity contribution in [3.05, 3.63) is 28.2 Å². The molecule has 0 aliphatic rings. The molecule has 0 radical (unpaired) electrons. The van der Waals surface area contributed by atoms with Crippen LogP contribution in [-0.4, -0.2) is 23.8 Å². The van der Waals surface area contributed by atoms with Gasteiger partial charge in [-0.05, 0) is 25.1 Å². The van der Waals surface area contributed by atoms with Crippen molar-refractivity contribution in [2.75, 3.05) is 11.9 Å². The smallest absolute Gasteiger partial charge is 0.0992 e. The lowest BCUT2D eigenvalue weighted by molar-refractivity contribution is 0.168. The number of anilines is 1. The highest BCUT2D eigenvalue weighted by atomic mass is 79.9. The van der Waals surface area contributed by atoms with Crippen molar-refractivity contribution in [3.63, 3.8) is 0 Å². The Balaban J connectivity index is 2.68. The van der Waals surface area contributed by atoms with Gasteiger partial charge >= 0.3 is 0 Å². The highest BCUT2D eigenvalue weighted by Gasteiger charge is 2.08. The summed E-state index contributed by atoms with van der Waals surface area (Å²) in [5, 5.41) is 21.1. The molecule has 0 bridgehead atoms. The zero-order valence-corrected chi connectivity index (χ0v) is 10.5. The Morgan fingerprint density at radius 1 is 1.56 bits per heavy atom. The SMILES string of the molecule is CC(O)C(N)CNc1cc(Br)cc(C#N)c1. The van der Waals surface area contributed by atoms with Crippen molar-refractivity contribution < 1.29 is 5.11 Å². The normalized spacial score (nSPS) is 13.9. The van der Waals surface area contributed by atoms with Gasteiger partial charge in [-0.25, -0.2) is 0 Å². The summed E-state index contributed by atoms with van der Waals surface area (Å²) in [5.74, 6) is 0. The van der Waals surface area contributed by atoms with Gasteiger partial charge < -0.3 is 16.2 Å². The Kier molecular flexibility index (Phi) is 4.74. The van der Waals surface area contributed by atoms with Crippen molar-refractivity contribution in [3.8, 4) is 6.07 Å². The zero-order chi connectivity index (χ0) is 12.1. The van der Waals surface area contributed by atoms with Crippen LogP contribution in [-0.2, 0) is 0 Å². The van der Waals surface area contributed by atoms with E-state index in [1.165, 1.54) is 0 Å². The minimum Gasteiger partial charge on any atom is -0.392 e. The van der Waals surface area contributed by atoms with Gasteiger partial charge in [-0.2, -0.15) is 5.26 Å². The minimum absolute atomic E-state index is 0.329. The fourth-order valence-electron chi connectivity index (χ4n) is 1.16. The standard InChI is InChI=1S/C11H14BrN3O/c1-7(16)11(14)6-15-10-3-8(5-13)2-9(12)4-10/h2-4,7,11,15-16H,6,14H2,1H3. The lowest BCUT2D eigenvalue weighted by Crippen LogP contribution is -2.38. The van der Waals surface area contributed by atoms with Crippen molar-refractivity contribution >= 4 is 21.6 Å². The topological polar surface area (TPSA) is 82.1 Å². The number of hydrogen-bond donors (Lipinski definition) is 3. The monoisotopic (exact) mass is 283 g/mol. The van der Waals surface area contributed by atoms with Gasteiger partial charge in [0.1, 0.15) is 0 Å². The second-order valence-electron chi connectivity index (χ2n) is 3.63. The molecule has 4 N–H and O–H groups in total. The van der Waals surface area contributed by atoms with E-state index < -0.39 is 6.10 Å². The van der Waals surface area contributed by atoms with Gasteiger partial charge in [-0.1, -0.05) is 15.9 Å². The lowest BCUT2D eigenvalue weighted by atomic mass is 10.2. The minimum atomic E-state index is -0.560. The number of rotatable bonds is 4. The van der Waals surface area contributed by atoms with Crippen molar-refractivity contribution in [2.45, 2.75) is 19.1 Å². The van der Waals surface area contributed by atoms with Gasteiger partial charge in [0.25, 0.3) is 0 Å². The summed E-state index contributed by atoms with van der Waals surface area (Å²) in [4.78, 5) is 0. The fourth-order valence-corrected chi connectivity index (χ4v) is 1.66. The van der Waals surface area contributed by atoms with E-state index in [-0.39, 0.29) is 6.04 Å². The predicted octanol–water partition coefficient (Wildman–Crippen LogP) is 1.44. The molecule has 4 nitrogen and oxygen atoms in total. The van der Waals surface area contributed by atoms with Crippen molar-refractivity contribution in [1.82, 2.24) is 0 Å². The molecule has 1 aromatic carbocycles. The number of halogens is 1. The molecule has 1 rings (SSSR count). The van der Waals surface area contributed by atoms with Gasteiger partial charge in [0.2, 0.25) is 0 Å². The largest absolute Gasteiger partial charge is 0.392 e. The average molecular weight is 284 g/mol. The van der Waals surface area contributed by atoms with Gasteiger partial charge in [0.05, 0.1) is 17.7 Å². The molecule has 0 aliphatic heterocycles. The summed E-state index contributed by atoms with van der Waals surface area (Å²) in [6.45, 7) is 2.10. The highest BCUT2D eigenvalue weighted by molar-refractivity contribution is 9.10. The average Bonchev–Trinajstić information content (AvgIpc) is 2.24. The Morgan fingerprint density at radius 2 is 2.25 bits per heavy atom. The number of benzene rings is 1. The summed E-state index contributed by atoms with van der Waals surface area (Å²) in [7, 11) is 0. The van der Waals surface area contributed by atoms with Crippen LogP contribution in [0.15, 0.2) is 22.7 Å². The molecule has 0 saturated heterocycles. The summed E-state index contributed by atoms with van der Waals surface area (Å²) in [5.41, 5.74) is 7.06. The first-order chi connectivity index (χ1) is 7.52. The maximum Gasteiger partial charge on any atom is 0.0992 e. The second-order valence-corrected chi connectivity index (χ2v) is 4.54. The van der Waals surface area contributed by atoms with E-state index in [1.807, 2.05) is 6.07 Å². The molecule has 0 spiro atoms. The van der Waals surface area contributed by atoms with Crippen LogP contribution in [0.2, 0.25) is 0 Å². The van der Waals surface area contributed by atoms with Gasteiger partial charge in [0.15, 0.2) is 0 Å². The van der Waals surface area contributed by atoms with Gasteiger partial charge in [0, 0.05) is 22.7 Å². The molecule has 0 amide bonds. The van der Waals surface area contributed by atoms with E-state index >= 15 is 0 Å². The maximum atomic E-state index is 9.23. The fraction of sp³-hybridized carbons (Fsp3) is 0.364. The number of nitrogens with zero attached hydrogens (tertiary/aromatic N) is 1. The van der Waals surface area contributed by atoms with E-state index in [0.717, 1.165) is 10.2 Å². The summed E-state index contributed by atoms with van der Waals surface area (Å²) >= 11 is 3.32. The summed E-state index contributed by atoms with van der Waals surface area (Å²) in [6, 6.07) is 7.07. The Hall–Kier alpha value is -1.09. The van der Waals surface area contributed by atoms with Crippen molar-refractivity contribution in [2.24, 2.45) is 5.73 Å². The predicted molar refractivity (Wildman–Crippen MR) is 67.0 cm³/mol. The first-order valence-electron chi connectivity index (χ1n) is 4.91. The zero-order valence-electron chi connectivity index (χ0n) is 8.94. The van der Waals surface area contributed by atoms with Crippen LogP contribution in [0.4, 0.5) is 5.69 Å². The Labute approximate surface area is 103 Å². The summed E-state index contributed by atoms with van der Waals surface area (Å²) in [6.07, 6.45) is -0.560. The van der Waals surface area contributed by atoms with Crippen LogP contribution in [0, 0.1) is 11.3 Å². The number of aliphatic hydroxyl groups excluding tert-OH is 1. The van der Waals surface area contributed by atoms with Crippen LogP contribution in [0.1, 0.15) is 12.5 Å². The van der Waals surface area contributed by atoms with E-state index in [0.29, 0.717) is 12.1 Å². The van der Waals surface area contributed by atoms with Gasteiger partial charge in [-0.15, -0.1) is 0 Å².